The lowest BCUT2D eigenvalue weighted by Crippen LogP contribution is -2.49. The molecule has 0 saturated carbocycles. The number of carbonyl (C=O) groups excluding carboxylic acids is 1. The molecule has 0 bridgehead atoms. The molecule has 0 unspecified atom stereocenters. The molecule has 0 spiro atoms. The smallest absolute Gasteiger partial charge is 0.293 e. The number of halogens is 1. The first-order valence-electron chi connectivity index (χ1n) is 9.52. The number of piperazine rings is 1. The first kappa shape index (κ1) is 19.4. The van der Waals surface area contributed by atoms with Crippen molar-refractivity contribution in [1.82, 2.24) is 19.7 Å². The number of carbonyl (C=O) groups is 1. The first-order chi connectivity index (χ1) is 14.1. The summed E-state index contributed by atoms with van der Waals surface area (Å²) in [6, 6.07) is 17.1. The van der Waals surface area contributed by atoms with Gasteiger partial charge in [0.2, 0.25) is 5.82 Å². The molecule has 0 radical (unpaired) electrons. The Kier molecular flexibility index (Phi) is 5.78. The zero-order valence-corrected chi connectivity index (χ0v) is 16.6. The molecule has 0 aliphatic carbocycles. The van der Waals surface area contributed by atoms with Gasteiger partial charge in [0.25, 0.3) is 5.91 Å². The normalized spacial score (nSPS) is 15.4. The summed E-state index contributed by atoms with van der Waals surface area (Å²) < 4.78 is 1.51. The van der Waals surface area contributed by atoms with Crippen LogP contribution in [0, 0.1) is 0 Å². The fourth-order valence-electron chi connectivity index (χ4n) is 3.40. The maximum absolute atomic E-state index is 12.7. The molecule has 1 aromatic heterocycles. The van der Waals surface area contributed by atoms with E-state index in [4.69, 9.17) is 11.6 Å². The van der Waals surface area contributed by atoms with Crippen molar-refractivity contribution in [2.45, 2.75) is 12.6 Å². The number of anilines is 1. The molecular weight excluding hydrogens is 390 g/mol. The summed E-state index contributed by atoms with van der Waals surface area (Å²) in [6.07, 6.45) is 0.785. The summed E-state index contributed by atoms with van der Waals surface area (Å²) in [5, 5.41) is 15.3. The van der Waals surface area contributed by atoms with Crippen LogP contribution in [-0.4, -0.2) is 56.9 Å². The average molecular weight is 412 g/mol. The van der Waals surface area contributed by atoms with Crippen molar-refractivity contribution >= 4 is 23.2 Å². The first-order valence-corrected chi connectivity index (χ1v) is 9.90. The zero-order valence-electron chi connectivity index (χ0n) is 15.9. The van der Waals surface area contributed by atoms with Crippen LogP contribution in [0.4, 0.5) is 5.69 Å². The minimum absolute atomic E-state index is 0.158. The molecule has 1 aliphatic rings. The molecule has 1 aliphatic heterocycles. The number of aromatic nitrogens is 3. The lowest BCUT2D eigenvalue weighted by molar-refractivity contribution is 0.0733. The van der Waals surface area contributed by atoms with Gasteiger partial charge in [-0.25, -0.2) is 9.67 Å². The van der Waals surface area contributed by atoms with E-state index in [-0.39, 0.29) is 18.3 Å². The molecule has 2 aromatic carbocycles. The van der Waals surface area contributed by atoms with Gasteiger partial charge < -0.3 is 14.9 Å². The van der Waals surface area contributed by atoms with Gasteiger partial charge in [0.05, 0.1) is 12.6 Å². The van der Waals surface area contributed by atoms with Crippen LogP contribution >= 0.6 is 11.6 Å². The van der Waals surface area contributed by atoms with Crippen LogP contribution < -0.4 is 4.90 Å². The van der Waals surface area contributed by atoms with E-state index >= 15 is 0 Å². The fraction of sp³-hybridized carbons (Fsp3) is 0.286. The van der Waals surface area contributed by atoms with E-state index in [1.165, 1.54) is 11.0 Å². The Morgan fingerprint density at radius 3 is 2.41 bits per heavy atom. The van der Waals surface area contributed by atoms with Gasteiger partial charge in [-0.1, -0.05) is 41.9 Å². The van der Waals surface area contributed by atoms with Crippen molar-refractivity contribution in [2.24, 2.45) is 0 Å². The van der Waals surface area contributed by atoms with Gasteiger partial charge in [-0.05, 0) is 29.8 Å². The van der Waals surface area contributed by atoms with E-state index in [9.17, 15) is 9.90 Å². The fourth-order valence-corrected chi connectivity index (χ4v) is 3.53. The maximum atomic E-state index is 12.7. The van der Waals surface area contributed by atoms with Crippen LogP contribution in [0.1, 0.15) is 22.3 Å². The number of rotatable bonds is 5. The molecular formula is C21H22ClN5O2. The van der Waals surface area contributed by atoms with Crippen molar-refractivity contribution in [3.05, 3.63) is 77.3 Å². The summed E-state index contributed by atoms with van der Waals surface area (Å²) >= 11 is 5.95. The molecule has 1 N–H and O–H groups in total. The summed E-state index contributed by atoms with van der Waals surface area (Å²) in [5.41, 5.74) is 1.90. The highest BCUT2D eigenvalue weighted by Gasteiger charge is 2.25. The molecule has 8 heteroatoms. The van der Waals surface area contributed by atoms with Crippen LogP contribution in [0.25, 0.3) is 0 Å². The summed E-state index contributed by atoms with van der Waals surface area (Å²) in [6.45, 7) is 2.92. The van der Waals surface area contributed by atoms with Crippen LogP contribution in [0.5, 0.6) is 0 Å². The Balaban J connectivity index is 1.34. The predicted octanol–water partition coefficient (Wildman–Crippen LogP) is 2.63. The third kappa shape index (κ3) is 4.58. The minimum Gasteiger partial charge on any atom is -0.386 e. The number of aliphatic hydroxyl groups is 1. The quantitative estimate of drug-likeness (QED) is 0.698. The Bertz CT molecular complexity index is 953. The van der Waals surface area contributed by atoms with Crippen molar-refractivity contribution < 1.29 is 9.90 Å². The molecule has 1 amide bonds. The van der Waals surface area contributed by atoms with Crippen LogP contribution in [0.2, 0.25) is 5.02 Å². The third-order valence-electron chi connectivity index (χ3n) is 5.03. The lowest BCUT2D eigenvalue weighted by Gasteiger charge is -2.35. The molecule has 150 valence electrons. The summed E-state index contributed by atoms with van der Waals surface area (Å²) in [5.74, 6) is -0.0288. The van der Waals surface area contributed by atoms with Gasteiger partial charge in [-0.3, -0.25) is 4.79 Å². The van der Waals surface area contributed by atoms with Gasteiger partial charge in [0.1, 0.15) is 6.33 Å². The van der Waals surface area contributed by atoms with Crippen molar-refractivity contribution in [2.75, 3.05) is 31.1 Å². The Hall–Kier alpha value is -2.90. The van der Waals surface area contributed by atoms with Gasteiger partial charge in [0.15, 0.2) is 0 Å². The minimum atomic E-state index is -0.705. The van der Waals surface area contributed by atoms with Crippen molar-refractivity contribution in [1.29, 1.82) is 0 Å². The molecule has 2 heterocycles. The second-order valence-electron chi connectivity index (χ2n) is 6.97. The molecule has 3 aromatic rings. The topological polar surface area (TPSA) is 74.5 Å². The highest BCUT2D eigenvalue weighted by atomic mass is 35.5. The number of nitrogens with zero attached hydrogens (tertiary/aromatic N) is 5. The number of hydrogen-bond acceptors (Lipinski definition) is 5. The van der Waals surface area contributed by atoms with Gasteiger partial charge in [0, 0.05) is 36.9 Å². The lowest BCUT2D eigenvalue weighted by atomic mass is 10.1. The molecule has 1 fully saturated rings. The van der Waals surface area contributed by atoms with Gasteiger partial charge in [-0.15, -0.1) is 5.10 Å². The van der Waals surface area contributed by atoms with E-state index in [1.807, 2.05) is 54.6 Å². The van der Waals surface area contributed by atoms with Crippen LogP contribution in [-0.2, 0) is 6.54 Å². The van der Waals surface area contributed by atoms with E-state index in [0.717, 1.165) is 24.3 Å². The summed E-state index contributed by atoms with van der Waals surface area (Å²) in [4.78, 5) is 20.9. The molecule has 7 nitrogen and oxygen atoms in total. The Morgan fingerprint density at radius 1 is 1.03 bits per heavy atom. The van der Waals surface area contributed by atoms with Crippen LogP contribution in [0.15, 0.2) is 60.9 Å². The monoisotopic (exact) mass is 411 g/mol. The predicted molar refractivity (Wildman–Crippen MR) is 111 cm³/mol. The molecule has 1 atom stereocenters. The van der Waals surface area contributed by atoms with E-state index in [2.05, 4.69) is 15.0 Å². The standard InChI is InChI=1S/C21H22ClN5O2/c22-17-6-8-18(9-7-17)25-10-12-26(13-11-25)21(29)20-23-15-27(24-20)14-19(28)16-4-2-1-3-5-16/h1-9,15,19,28H,10-14H2/t19-/m1/s1. The highest BCUT2D eigenvalue weighted by Crippen LogP contribution is 2.20. The highest BCUT2D eigenvalue weighted by molar-refractivity contribution is 6.30. The number of benzene rings is 2. The maximum Gasteiger partial charge on any atom is 0.293 e. The number of hydrogen-bond donors (Lipinski definition) is 1. The number of aliphatic hydroxyl groups excluding tert-OH is 1. The zero-order chi connectivity index (χ0) is 20.2. The largest absolute Gasteiger partial charge is 0.386 e. The summed E-state index contributed by atoms with van der Waals surface area (Å²) in [7, 11) is 0. The van der Waals surface area contributed by atoms with E-state index in [1.54, 1.807) is 4.90 Å². The average Bonchev–Trinajstić information content (AvgIpc) is 3.23. The molecule has 1 saturated heterocycles. The van der Waals surface area contributed by atoms with Crippen LogP contribution in [0.3, 0.4) is 0 Å². The SMILES string of the molecule is O=C(c1ncn(C[C@@H](O)c2ccccc2)n1)N1CCN(c2ccc(Cl)cc2)CC1. The Morgan fingerprint density at radius 2 is 1.72 bits per heavy atom. The van der Waals surface area contributed by atoms with Gasteiger partial charge >= 0.3 is 0 Å². The van der Waals surface area contributed by atoms with E-state index < -0.39 is 6.10 Å². The third-order valence-corrected chi connectivity index (χ3v) is 5.28. The van der Waals surface area contributed by atoms with Crippen molar-refractivity contribution in [3.8, 4) is 0 Å². The molecule has 29 heavy (non-hydrogen) atoms. The second-order valence-corrected chi connectivity index (χ2v) is 7.41. The number of amides is 1. The van der Waals surface area contributed by atoms with Crippen molar-refractivity contribution in [3.63, 3.8) is 0 Å². The van der Waals surface area contributed by atoms with E-state index in [0.29, 0.717) is 18.1 Å². The second kappa shape index (κ2) is 8.63. The van der Waals surface area contributed by atoms with Gasteiger partial charge in [-0.2, -0.15) is 0 Å². The Labute approximate surface area is 174 Å². The molecule has 4 rings (SSSR count).